The highest BCUT2D eigenvalue weighted by Gasteiger charge is 2.09. The van der Waals surface area contributed by atoms with Crippen molar-refractivity contribution in [2.75, 3.05) is 18.0 Å². The molecule has 0 bridgehead atoms. The SMILES string of the molecule is Brc1cccc(N2CCCCCCC2)n1. The first-order valence-corrected chi connectivity index (χ1v) is 6.53. The normalized spacial score (nSPS) is 18.3. The van der Waals surface area contributed by atoms with Crippen LogP contribution in [0.4, 0.5) is 5.82 Å². The highest BCUT2D eigenvalue weighted by atomic mass is 79.9. The summed E-state index contributed by atoms with van der Waals surface area (Å²) < 4.78 is 0.932. The van der Waals surface area contributed by atoms with Crippen LogP contribution in [0.25, 0.3) is 0 Å². The minimum Gasteiger partial charge on any atom is -0.357 e. The Balaban J connectivity index is 2.06. The molecule has 1 aliphatic heterocycles. The van der Waals surface area contributed by atoms with Gasteiger partial charge in [0.15, 0.2) is 0 Å². The maximum absolute atomic E-state index is 4.51. The molecule has 0 unspecified atom stereocenters. The smallest absolute Gasteiger partial charge is 0.129 e. The summed E-state index contributed by atoms with van der Waals surface area (Å²) >= 11 is 3.43. The molecule has 2 nitrogen and oxygen atoms in total. The van der Waals surface area contributed by atoms with E-state index in [-0.39, 0.29) is 0 Å². The van der Waals surface area contributed by atoms with Crippen molar-refractivity contribution in [3.63, 3.8) is 0 Å². The first-order chi connectivity index (χ1) is 7.36. The van der Waals surface area contributed by atoms with E-state index in [1.807, 2.05) is 6.07 Å². The van der Waals surface area contributed by atoms with Crippen LogP contribution in [-0.2, 0) is 0 Å². The first kappa shape index (κ1) is 10.9. The summed E-state index contributed by atoms with van der Waals surface area (Å²) in [6.07, 6.45) is 6.73. The zero-order valence-corrected chi connectivity index (χ0v) is 10.5. The molecule has 3 heteroatoms. The van der Waals surface area contributed by atoms with Gasteiger partial charge < -0.3 is 4.90 Å². The van der Waals surface area contributed by atoms with Crippen molar-refractivity contribution in [3.05, 3.63) is 22.8 Å². The largest absolute Gasteiger partial charge is 0.357 e. The second kappa shape index (κ2) is 5.50. The number of nitrogens with zero attached hydrogens (tertiary/aromatic N) is 2. The van der Waals surface area contributed by atoms with Crippen LogP contribution in [0, 0.1) is 0 Å². The molecule has 1 aromatic rings. The van der Waals surface area contributed by atoms with Crippen molar-refractivity contribution in [2.45, 2.75) is 32.1 Å². The van der Waals surface area contributed by atoms with E-state index in [1.165, 1.54) is 32.1 Å². The van der Waals surface area contributed by atoms with Gasteiger partial charge in [-0.05, 0) is 40.9 Å². The molecule has 1 saturated heterocycles. The molecule has 1 aromatic heterocycles. The predicted molar refractivity (Wildman–Crippen MR) is 67.2 cm³/mol. The Kier molecular flexibility index (Phi) is 4.01. The summed E-state index contributed by atoms with van der Waals surface area (Å²) in [5.41, 5.74) is 0. The van der Waals surface area contributed by atoms with Gasteiger partial charge in [-0.15, -0.1) is 0 Å². The number of hydrogen-bond acceptors (Lipinski definition) is 2. The minimum atomic E-state index is 0.932. The monoisotopic (exact) mass is 268 g/mol. The Morgan fingerprint density at radius 3 is 2.33 bits per heavy atom. The molecule has 2 heterocycles. The summed E-state index contributed by atoms with van der Waals surface area (Å²) in [6.45, 7) is 2.31. The molecule has 0 atom stereocenters. The summed E-state index contributed by atoms with van der Waals surface area (Å²) in [4.78, 5) is 6.92. The lowest BCUT2D eigenvalue weighted by Crippen LogP contribution is -2.27. The average molecular weight is 269 g/mol. The predicted octanol–water partition coefficient (Wildman–Crippen LogP) is 3.61. The molecular weight excluding hydrogens is 252 g/mol. The van der Waals surface area contributed by atoms with Crippen molar-refractivity contribution in [2.24, 2.45) is 0 Å². The lowest BCUT2D eigenvalue weighted by atomic mass is 10.1. The zero-order valence-electron chi connectivity index (χ0n) is 8.95. The van der Waals surface area contributed by atoms with Crippen LogP contribution in [0.2, 0.25) is 0 Å². The van der Waals surface area contributed by atoms with Gasteiger partial charge in [-0.3, -0.25) is 0 Å². The third kappa shape index (κ3) is 3.20. The molecular formula is C12H17BrN2. The molecule has 0 spiro atoms. The molecule has 1 fully saturated rings. The molecule has 82 valence electrons. The third-order valence-electron chi connectivity index (χ3n) is 2.88. The third-order valence-corrected chi connectivity index (χ3v) is 3.32. The second-order valence-corrected chi connectivity index (χ2v) is 4.89. The van der Waals surface area contributed by atoms with Gasteiger partial charge in [-0.1, -0.05) is 25.3 Å². The van der Waals surface area contributed by atoms with Crippen LogP contribution >= 0.6 is 15.9 Å². The molecule has 0 amide bonds. The van der Waals surface area contributed by atoms with E-state index in [1.54, 1.807) is 0 Å². The summed E-state index contributed by atoms with van der Waals surface area (Å²) in [5, 5.41) is 0. The average Bonchev–Trinajstić information content (AvgIpc) is 2.16. The summed E-state index contributed by atoms with van der Waals surface area (Å²) in [6, 6.07) is 6.14. The van der Waals surface area contributed by atoms with E-state index in [9.17, 15) is 0 Å². The molecule has 1 aliphatic rings. The summed E-state index contributed by atoms with van der Waals surface area (Å²) in [5.74, 6) is 1.12. The Labute approximate surface area is 99.8 Å². The number of hydrogen-bond donors (Lipinski definition) is 0. The highest BCUT2D eigenvalue weighted by molar-refractivity contribution is 9.10. The van der Waals surface area contributed by atoms with E-state index in [0.29, 0.717) is 0 Å². The van der Waals surface area contributed by atoms with Crippen LogP contribution in [0.5, 0.6) is 0 Å². The van der Waals surface area contributed by atoms with Crippen LogP contribution in [0.3, 0.4) is 0 Å². The second-order valence-electron chi connectivity index (χ2n) is 4.07. The van der Waals surface area contributed by atoms with Gasteiger partial charge >= 0.3 is 0 Å². The van der Waals surface area contributed by atoms with Crippen molar-refractivity contribution < 1.29 is 0 Å². The first-order valence-electron chi connectivity index (χ1n) is 5.74. The number of pyridine rings is 1. The molecule has 2 rings (SSSR count). The maximum Gasteiger partial charge on any atom is 0.129 e. The molecule has 15 heavy (non-hydrogen) atoms. The van der Waals surface area contributed by atoms with Gasteiger partial charge in [0.1, 0.15) is 10.4 Å². The van der Waals surface area contributed by atoms with Gasteiger partial charge in [0.05, 0.1) is 0 Å². The topological polar surface area (TPSA) is 16.1 Å². The van der Waals surface area contributed by atoms with Crippen molar-refractivity contribution in [1.82, 2.24) is 4.98 Å². The van der Waals surface area contributed by atoms with Crippen LogP contribution in [-0.4, -0.2) is 18.1 Å². The van der Waals surface area contributed by atoms with Gasteiger partial charge in [-0.25, -0.2) is 4.98 Å². The van der Waals surface area contributed by atoms with E-state index in [2.05, 4.69) is 37.9 Å². The van der Waals surface area contributed by atoms with Gasteiger partial charge in [0.2, 0.25) is 0 Å². The summed E-state index contributed by atoms with van der Waals surface area (Å²) in [7, 11) is 0. The van der Waals surface area contributed by atoms with Crippen molar-refractivity contribution >= 4 is 21.7 Å². The fraction of sp³-hybridized carbons (Fsp3) is 0.583. The van der Waals surface area contributed by atoms with Gasteiger partial charge in [-0.2, -0.15) is 0 Å². The molecule has 0 N–H and O–H groups in total. The lowest BCUT2D eigenvalue weighted by Gasteiger charge is -2.25. The fourth-order valence-electron chi connectivity index (χ4n) is 2.05. The Bertz CT molecular complexity index is 306. The van der Waals surface area contributed by atoms with Crippen molar-refractivity contribution in [1.29, 1.82) is 0 Å². The maximum atomic E-state index is 4.51. The Morgan fingerprint density at radius 1 is 1.00 bits per heavy atom. The molecule has 0 aromatic carbocycles. The van der Waals surface area contributed by atoms with Crippen molar-refractivity contribution in [3.8, 4) is 0 Å². The number of aromatic nitrogens is 1. The molecule has 0 aliphatic carbocycles. The highest BCUT2D eigenvalue weighted by Crippen LogP contribution is 2.18. The minimum absolute atomic E-state index is 0.932. The van der Waals surface area contributed by atoms with Gasteiger partial charge in [0, 0.05) is 13.1 Å². The fourth-order valence-corrected chi connectivity index (χ4v) is 2.38. The Morgan fingerprint density at radius 2 is 1.67 bits per heavy atom. The van der Waals surface area contributed by atoms with Crippen LogP contribution in [0.15, 0.2) is 22.8 Å². The van der Waals surface area contributed by atoms with Crippen LogP contribution in [0.1, 0.15) is 32.1 Å². The molecule has 0 radical (unpaired) electrons. The molecule has 0 saturated carbocycles. The number of anilines is 1. The van der Waals surface area contributed by atoms with E-state index >= 15 is 0 Å². The zero-order chi connectivity index (χ0) is 10.5. The lowest BCUT2D eigenvalue weighted by molar-refractivity contribution is 0.553. The van der Waals surface area contributed by atoms with Crippen LogP contribution < -0.4 is 4.90 Å². The Hall–Kier alpha value is -0.570. The van der Waals surface area contributed by atoms with Gasteiger partial charge in [0.25, 0.3) is 0 Å². The number of rotatable bonds is 1. The quantitative estimate of drug-likeness (QED) is 0.724. The standard InChI is InChI=1S/C12H17BrN2/c13-11-7-6-8-12(14-11)15-9-4-2-1-3-5-10-15/h6-8H,1-5,9-10H2. The number of halogens is 1. The van der Waals surface area contributed by atoms with E-state index in [4.69, 9.17) is 0 Å². The van der Waals surface area contributed by atoms with E-state index in [0.717, 1.165) is 23.5 Å². The van der Waals surface area contributed by atoms with E-state index < -0.39 is 0 Å².